The van der Waals surface area contributed by atoms with Crippen LogP contribution >= 0.6 is 0 Å². The molecule has 0 saturated heterocycles. The molecule has 1 unspecified atom stereocenters. The Morgan fingerprint density at radius 1 is 1.29 bits per heavy atom. The first-order valence-electron chi connectivity index (χ1n) is 10.1. The number of fused-ring (bicyclic) bond motifs is 3. The minimum absolute atomic E-state index is 0.00863. The van der Waals surface area contributed by atoms with E-state index in [9.17, 15) is 27.6 Å². The van der Waals surface area contributed by atoms with Crippen molar-refractivity contribution in [3.05, 3.63) is 23.8 Å². The van der Waals surface area contributed by atoms with Crippen LogP contribution in [0.1, 0.15) is 48.9 Å². The number of aromatic nitrogens is 2. The summed E-state index contributed by atoms with van der Waals surface area (Å²) in [5, 5.41) is 6.47. The zero-order valence-corrected chi connectivity index (χ0v) is 16.8. The summed E-state index contributed by atoms with van der Waals surface area (Å²) < 4.78 is 43.8. The van der Waals surface area contributed by atoms with Crippen molar-refractivity contribution in [1.82, 2.24) is 20.2 Å². The number of halogens is 3. The van der Waals surface area contributed by atoms with Crippen molar-refractivity contribution in [2.24, 2.45) is 5.92 Å². The summed E-state index contributed by atoms with van der Waals surface area (Å²) >= 11 is 0. The van der Waals surface area contributed by atoms with Crippen LogP contribution in [0.25, 0.3) is 11.0 Å². The fourth-order valence-corrected chi connectivity index (χ4v) is 4.47. The quantitative estimate of drug-likeness (QED) is 0.669. The Balaban J connectivity index is 1.76. The number of carbonyl (C=O) groups is 3. The topological polar surface area (TPSA) is 105 Å². The van der Waals surface area contributed by atoms with Crippen molar-refractivity contribution in [3.63, 3.8) is 0 Å². The number of nitrogens with zero attached hydrogens (tertiary/aromatic N) is 2. The van der Waals surface area contributed by atoms with Gasteiger partial charge in [0.2, 0.25) is 11.9 Å². The molecule has 1 saturated carbocycles. The third kappa shape index (κ3) is 3.31. The lowest BCUT2D eigenvalue weighted by Gasteiger charge is -2.32. The van der Waals surface area contributed by atoms with Gasteiger partial charge in [0.25, 0.3) is 17.5 Å². The Labute approximate surface area is 175 Å². The molecule has 1 aromatic heterocycles. The molecule has 0 spiro atoms. The lowest BCUT2D eigenvalue weighted by molar-refractivity contribution is -0.217. The maximum absolute atomic E-state index is 14.4. The van der Waals surface area contributed by atoms with E-state index in [1.807, 2.05) is 5.32 Å². The molecule has 2 aromatic rings. The zero-order valence-electron chi connectivity index (χ0n) is 16.8. The van der Waals surface area contributed by atoms with E-state index in [-0.39, 0.29) is 29.0 Å². The average molecular weight is 437 g/mol. The molecular formula is C20H22F3N5O3. The molecule has 166 valence electrons. The Morgan fingerprint density at radius 3 is 2.65 bits per heavy atom. The highest BCUT2D eigenvalue weighted by molar-refractivity contribution is 6.09. The smallest absolute Gasteiger partial charge is 0.355 e. The van der Waals surface area contributed by atoms with Crippen LogP contribution in [0.5, 0.6) is 0 Å². The molecule has 2 aliphatic rings. The maximum Gasteiger partial charge on any atom is 0.440 e. The molecule has 3 amide bonds. The Hall–Kier alpha value is -3.11. The third-order valence-corrected chi connectivity index (χ3v) is 6.03. The minimum Gasteiger partial charge on any atom is -0.355 e. The number of amides is 3. The number of benzene rings is 1. The Bertz CT molecular complexity index is 1060. The number of alkyl halides is 3. The van der Waals surface area contributed by atoms with Gasteiger partial charge in [-0.2, -0.15) is 13.2 Å². The number of nitrogens with one attached hydrogen (secondary N) is 3. The van der Waals surface area contributed by atoms with Crippen LogP contribution in [0.3, 0.4) is 0 Å². The fraction of sp³-hybridized carbons (Fsp3) is 0.500. The highest BCUT2D eigenvalue weighted by atomic mass is 19.4. The van der Waals surface area contributed by atoms with Gasteiger partial charge in [-0.3, -0.25) is 24.3 Å². The molecule has 0 bridgehead atoms. The Morgan fingerprint density at radius 2 is 2.00 bits per heavy atom. The van der Waals surface area contributed by atoms with Gasteiger partial charge in [-0.05, 0) is 24.5 Å². The van der Waals surface area contributed by atoms with Crippen LogP contribution in [-0.2, 0) is 15.3 Å². The van der Waals surface area contributed by atoms with Crippen molar-refractivity contribution in [3.8, 4) is 0 Å². The zero-order chi connectivity index (χ0) is 22.4. The first kappa shape index (κ1) is 21.1. The average Bonchev–Trinajstić information content (AvgIpc) is 3.41. The third-order valence-electron chi connectivity index (χ3n) is 6.03. The van der Waals surface area contributed by atoms with Crippen molar-refractivity contribution >= 4 is 34.7 Å². The number of hydrogen-bond acceptors (Lipinski definition) is 4. The highest BCUT2D eigenvalue weighted by Crippen LogP contribution is 2.44. The van der Waals surface area contributed by atoms with E-state index in [2.05, 4.69) is 15.6 Å². The predicted molar refractivity (Wildman–Crippen MR) is 105 cm³/mol. The molecule has 31 heavy (non-hydrogen) atoms. The number of carbonyl (C=O) groups excluding carboxylic acids is 3. The lowest BCUT2D eigenvalue weighted by Crippen LogP contribution is -2.63. The second-order valence-corrected chi connectivity index (χ2v) is 7.92. The summed E-state index contributed by atoms with van der Waals surface area (Å²) in [6, 6.07) is 4.14. The monoisotopic (exact) mass is 437 g/mol. The summed E-state index contributed by atoms with van der Waals surface area (Å²) in [7, 11) is 1.39. The van der Waals surface area contributed by atoms with E-state index in [0.717, 1.165) is 25.7 Å². The molecule has 1 aliphatic carbocycles. The number of hydrogen-bond donors (Lipinski definition) is 3. The van der Waals surface area contributed by atoms with Crippen molar-refractivity contribution in [1.29, 1.82) is 0 Å². The van der Waals surface area contributed by atoms with E-state index in [1.165, 1.54) is 25.2 Å². The Kier molecular flexibility index (Phi) is 5.14. The largest absolute Gasteiger partial charge is 0.440 e. The van der Waals surface area contributed by atoms with Gasteiger partial charge in [0, 0.05) is 13.5 Å². The number of rotatable bonds is 5. The highest BCUT2D eigenvalue weighted by Gasteiger charge is 2.67. The van der Waals surface area contributed by atoms with Gasteiger partial charge in [0.1, 0.15) is 5.52 Å². The molecule has 1 fully saturated rings. The van der Waals surface area contributed by atoms with Crippen molar-refractivity contribution in [2.75, 3.05) is 12.4 Å². The first-order chi connectivity index (χ1) is 14.7. The molecule has 1 atom stereocenters. The summed E-state index contributed by atoms with van der Waals surface area (Å²) in [6.45, 7) is 0. The second-order valence-electron chi connectivity index (χ2n) is 7.92. The molecule has 11 heteroatoms. The molecule has 1 aliphatic heterocycles. The van der Waals surface area contributed by atoms with E-state index in [4.69, 9.17) is 0 Å². The van der Waals surface area contributed by atoms with Crippen molar-refractivity contribution in [2.45, 2.75) is 50.4 Å². The fourth-order valence-electron chi connectivity index (χ4n) is 4.47. The first-order valence-corrected chi connectivity index (χ1v) is 10.1. The van der Waals surface area contributed by atoms with Crippen LogP contribution in [0, 0.1) is 5.92 Å². The van der Waals surface area contributed by atoms with E-state index in [1.54, 1.807) is 0 Å². The standard InChI is InChI=1S/C20H22F3N5O3/c1-24-16(30)12-7-4-8-13-15(12)25-18-26-17(31)19(28(13)18,20(21,22)23)27-14(29)10-9-11-5-2-3-6-11/h4,7-8,11H,2-3,5-6,9-10H2,1H3,(H,24,30)(H,27,29)(H,25,26,31). The van der Waals surface area contributed by atoms with E-state index < -0.39 is 29.6 Å². The SMILES string of the molecule is CNC(=O)c1cccc2c1nc1n2C(NC(=O)CCC2CCCC2)(C(F)(F)F)C(=O)N1. The van der Waals surface area contributed by atoms with Crippen molar-refractivity contribution < 1.29 is 27.6 Å². The maximum atomic E-state index is 14.4. The number of para-hydroxylation sites is 1. The summed E-state index contributed by atoms with van der Waals surface area (Å²) in [4.78, 5) is 41.3. The normalized spacial score (nSPS) is 21.2. The van der Waals surface area contributed by atoms with Gasteiger partial charge < -0.3 is 10.6 Å². The predicted octanol–water partition coefficient (Wildman–Crippen LogP) is 2.65. The van der Waals surface area contributed by atoms with Crippen LogP contribution < -0.4 is 16.0 Å². The molecular weight excluding hydrogens is 415 g/mol. The lowest BCUT2D eigenvalue weighted by atomic mass is 10.0. The summed E-state index contributed by atoms with van der Waals surface area (Å²) in [5.74, 6) is -2.91. The molecule has 0 radical (unpaired) electrons. The summed E-state index contributed by atoms with van der Waals surface area (Å²) in [6.07, 6.45) is -0.769. The van der Waals surface area contributed by atoms with Gasteiger partial charge in [-0.1, -0.05) is 31.7 Å². The second kappa shape index (κ2) is 7.54. The van der Waals surface area contributed by atoms with E-state index in [0.29, 0.717) is 16.9 Å². The number of imidazole rings is 1. The van der Waals surface area contributed by atoms with Gasteiger partial charge in [-0.15, -0.1) is 0 Å². The van der Waals surface area contributed by atoms with Gasteiger partial charge in [-0.25, -0.2) is 4.98 Å². The van der Waals surface area contributed by atoms with Crippen LogP contribution in [-0.4, -0.2) is 40.5 Å². The van der Waals surface area contributed by atoms with Crippen LogP contribution in [0.15, 0.2) is 18.2 Å². The van der Waals surface area contributed by atoms with Crippen LogP contribution in [0.2, 0.25) is 0 Å². The number of anilines is 1. The van der Waals surface area contributed by atoms with E-state index >= 15 is 0 Å². The molecule has 1 aromatic carbocycles. The summed E-state index contributed by atoms with van der Waals surface area (Å²) in [5.41, 5.74) is -3.39. The minimum atomic E-state index is -5.15. The van der Waals surface area contributed by atoms with Gasteiger partial charge in [0.05, 0.1) is 11.1 Å². The molecule has 8 nitrogen and oxygen atoms in total. The molecule has 3 N–H and O–H groups in total. The van der Waals surface area contributed by atoms with Gasteiger partial charge >= 0.3 is 6.18 Å². The van der Waals surface area contributed by atoms with Gasteiger partial charge in [0.15, 0.2) is 0 Å². The molecule has 4 rings (SSSR count). The van der Waals surface area contributed by atoms with Crippen LogP contribution in [0.4, 0.5) is 19.1 Å². The molecule has 2 heterocycles.